The zero-order valence-corrected chi connectivity index (χ0v) is 18.1. The third-order valence-electron chi connectivity index (χ3n) is 4.45. The van der Waals surface area contributed by atoms with Crippen LogP contribution in [0.15, 0.2) is 36.8 Å². The Morgan fingerprint density at radius 1 is 1.23 bits per heavy atom. The molecule has 6 N–H and O–H groups in total. The molecule has 0 radical (unpaired) electrons. The number of aromatic amines is 1. The van der Waals surface area contributed by atoms with Gasteiger partial charge in [0.05, 0.1) is 21.9 Å². The van der Waals surface area contributed by atoms with Crippen LogP contribution in [0, 0.1) is 0 Å². The van der Waals surface area contributed by atoms with Crippen molar-refractivity contribution >= 4 is 62.5 Å². The van der Waals surface area contributed by atoms with Crippen LogP contribution in [0.3, 0.4) is 0 Å². The van der Waals surface area contributed by atoms with Gasteiger partial charge in [0.1, 0.15) is 10.9 Å². The minimum atomic E-state index is -0.917. The highest BCUT2D eigenvalue weighted by Crippen LogP contribution is 2.36. The zero-order chi connectivity index (χ0) is 22.1. The smallest absolute Gasteiger partial charge is 0.262 e. The van der Waals surface area contributed by atoms with E-state index in [1.54, 1.807) is 30.5 Å². The molecule has 158 valence electrons. The highest BCUT2D eigenvalue weighted by Gasteiger charge is 2.23. The van der Waals surface area contributed by atoms with Crippen LogP contribution in [0.2, 0.25) is 10.0 Å². The van der Waals surface area contributed by atoms with Gasteiger partial charge in [-0.15, -0.1) is 11.3 Å². The van der Waals surface area contributed by atoms with E-state index in [4.69, 9.17) is 34.7 Å². The van der Waals surface area contributed by atoms with E-state index in [9.17, 15) is 9.59 Å². The lowest BCUT2D eigenvalue weighted by Crippen LogP contribution is -2.45. The molecule has 0 fully saturated rings. The van der Waals surface area contributed by atoms with Crippen molar-refractivity contribution in [3.8, 4) is 11.3 Å². The van der Waals surface area contributed by atoms with Crippen LogP contribution in [-0.4, -0.2) is 37.8 Å². The van der Waals surface area contributed by atoms with Crippen molar-refractivity contribution in [3.63, 3.8) is 0 Å². The van der Waals surface area contributed by atoms with Gasteiger partial charge in [-0.2, -0.15) is 0 Å². The standard InChI is InChI=1S/C19H15Cl2N7O2S/c20-8-1-2-10(12(21)3-8)15-11-5-14(31-18(11)28-19(23)27-15)17(30)26-13(16(22)29)4-9-6-24-7-25-9/h1-3,5-7,13H,4H2,(H2,22,29)(H,24,25)(H,26,30)(H2,23,27,28)/t13-/m0/s1. The van der Waals surface area contributed by atoms with E-state index in [2.05, 4.69) is 25.3 Å². The highest BCUT2D eigenvalue weighted by molar-refractivity contribution is 7.20. The molecule has 0 spiro atoms. The predicted octanol–water partition coefficient (Wildman–Crippen LogP) is 2.80. The van der Waals surface area contributed by atoms with Crippen LogP contribution < -0.4 is 16.8 Å². The molecule has 1 atom stereocenters. The van der Waals surface area contributed by atoms with E-state index >= 15 is 0 Å². The third-order valence-corrected chi connectivity index (χ3v) is 6.02. The number of nitrogen functional groups attached to an aromatic ring is 1. The Hall–Kier alpha value is -3.21. The maximum Gasteiger partial charge on any atom is 0.262 e. The number of aromatic nitrogens is 4. The molecular weight excluding hydrogens is 461 g/mol. The molecule has 3 aromatic heterocycles. The van der Waals surface area contributed by atoms with Gasteiger partial charge in [0.2, 0.25) is 11.9 Å². The molecule has 0 aliphatic heterocycles. The first kappa shape index (κ1) is 21.0. The second kappa shape index (κ2) is 8.50. The zero-order valence-electron chi connectivity index (χ0n) is 15.7. The van der Waals surface area contributed by atoms with Gasteiger partial charge in [-0.25, -0.2) is 15.0 Å². The molecule has 0 aliphatic carbocycles. The lowest BCUT2D eigenvalue weighted by atomic mass is 10.1. The molecule has 4 aromatic rings. The number of hydrogen-bond acceptors (Lipinski definition) is 7. The predicted molar refractivity (Wildman–Crippen MR) is 120 cm³/mol. The summed E-state index contributed by atoms with van der Waals surface area (Å²) in [6, 6.07) is 5.70. The average molecular weight is 476 g/mol. The van der Waals surface area contributed by atoms with E-state index in [-0.39, 0.29) is 12.4 Å². The third kappa shape index (κ3) is 4.46. The summed E-state index contributed by atoms with van der Waals surface area (Å²) in [4.78, 5) is 40.8. The van der Waals surface area contributed by atoms with Crippen molar-refractivity contribution in [2.45, 2.75) is 12.5 Å². The summed E-state index contributed by atoms with van der Waals surface area (Å²) in [7, 11) is 0. The van der Waals surface area contributed by atoms with E-state index in [0.29, 0.717) is 42.1 Å². The molecule has 1 aromatic carbocycles. The molecule has 2 amide bonds. The quantitative estimate of drug-likeness (QED) is 0.336. The van der Waals surface area contributed by atoms with E-state index < -0.39 is 17.9 Å². The number of nitrogens with two attached hydrogens (primary N) is 2. The molecule has 0 saturated heterocycles. The molecule has 12 heteroatoms. The fourth-order valence-corrected chi connectivity index (χ4v) is 4.44. The number of hydrogen-bond donors (Lipinski definition) is 4. The summed E-state index contributed by atoms with van der Waals surface area (Å²) in [5.41, 5.74) is 13.1. The van der Waals surface area contributed by atoms with Crippen molar-refractivity contribution in [3.05, 3.63) is 57.4 Å². The van der Waals surface area contributed by atoms with Gasteiger partial charge >= 0.3 is 0 Å². The van der Waals surface area contributed by atoms with Crippen molar-refractivity contribution in [2.75, 3.05) is 5.73 Å². The van der Waals surface area contributed by atoms with Crippen LogP contribution in [0.5, 0.6) is 0 Å². The summed E-state index contributed by atoms with van der Waals surface area (Å²) in [6.07, 6.45) is 3.22. The van der Waals surface area contributed by atoms with Crippen LogP contribution in [0.1, 0.15) is 15.4 Å². The fraction of sp³-hybridized carbons (Fsp3) is 0.105. The van der Waals surface area contributed by atoms with E-state index in [0.717, 1.165) is 11.3 Å². The molecule has 0 aliphatic rings. The first-order chi connectivity index (χ1) is 14.8. The monoisotopic (exact) mass is 475 g/mol. The first-order valence-electron chi connectivity index (χ1n) is 8.91. The van der Waals surface area contributed by atoms with Gasteiger partial charge in [-0.3, -0.25) is 9.59 Å². The lowest BCUT2D eigenvalue weighted by molar-refractivity contribution is -0.119. The van der Waals surface area contributed by atoms with Gasteiger partial charge < -0.3 is 21.8 Å². The van der Waals surface area contributed by atoms with Crippen LogP contribution in [0.25, 0.3) is 21.5 Å². The van der Waals surface area contributed by atoms with Crippen molar-refractivity contribution < 1.29 is 9.59 Å². The maximum atomic E-state index is 12.8. The van der Waals surface area contributed by atoms with Crippen molar-refractivity contribution in [2.24, 2.45) is 5.73 Å². The topological polar surface area (TPSA) is 153 Å². The fourth-order valence-electron chi connectivity index (χ4n) is 3.01. The summed E-state index contributed by atoms with van der Waals surface area (Å²) >= 11 is 13.4. The number of anilines is 1. The number of benzene rings is 1. The number of primary amides is 1. The molecule has 0 saturated carbocycles. The molecule has 9 nitrogen and oxygen atoms in total. The van der Waals surface area contributed by atoms with Gasteiger partial charge in [0.25, 0.3) is 5.91 Å². The van der Waals surface area contributed by atoms with E-state index in [1.807, 2.05) is 0 Å². The minimum Gasteiger partial charge on any atom is -0.368 e. The second-order valence-electron chi connectivity index (χ2n) is 6.59. The number of carbonyl (C=O) groups is 2. The van der Waals surface area contributed by atoms with E-state index in [1.165, 1.54) is 6.33 Å². The van der Waals surface area contributed by atoms with Crippen LogP contribution >= 0.6 is 34.5 Å². The maximum absolute atomic E-state index is 12.8. The van der Waals surface area contributed by atoms with Gasteiger partial charge in [-0.1, -0.05) is 23.2 Å². The number of amides is 2. The largest absolute Gasteiger partial charge is 0.368 e. The second-order valence-corrected chi connectivity index (χ2v) is 8.47. The number of thiophene rings is 1. The number of halogens is 2. The summed E-state index contributed by atoms with van der Waals surface area (Å²) in [6.45, 7) is 0. The normalized spacial score (nSPS) is 12.1. The number of nitrogens with one attached hydrogen (secondary N) is 2. The lowest BCUT2D eigenvalue weighted by Gasteiger charge is -2.13. The summed E-state index contributed by atoms with van der Waals surface area (Å²) < 4.78 is 0. The molecule has 4 rings (SSSR count). The molecule has 31 heavy (non-hydrogen) atoms. The Balaban J connectivity index is 1.68. The molecule has 3 heterocycles. The number of imidazole rings is 1. The number of rotatable bonds is 6. The van der Waals surface area contributed by atoms with Crippen LogP contribution in [0.4, 0.5) is 5.95 Å². The summed E-state index contributed by atoms with van der Waals surface area (Å²) in [5, 5.41) is 4.11. The number of nitrogens with zero attached hydrogens (tertiary/aromatic N) is 3. The van der Waals surface area contributed by atoms with Crippen LogP contribution in [-0.2, 0) is 11.2 Å². The molecule has 0 bridgehead atoms. The van der Waals surface area contributed by atoms with Gasteiger partial charge in [0.15, 0.2) is 0 Å². The van der Waals surface area contributed by atoms with Crippen molar-refractivity contribution in [1.29, 1.82) is 0 Å². The van der Waals surface area contributed by atoms with Gasteiger partial charge in [-0.05, 0) is 24.3 Å². The number of carbonyl (C=O) groups excluding carboxylic acids is 2. The summed E-state index contributed by atoms with van der Waals surface area (Å²) in [5.74, 6) is -1.10. The minimum absolute atomic E-state index is 0.0385. The Bertz CT molecular complexity index is 1290. The number of fused-ring (bicyclic) bond motifs is 1. The van der Waals surface area contributed by atoms with Gasteiger partial charge in [0, 0.05) is 34.3 Å². The molecule has 0 unspecified atom stereocenters. The first-order valence-corrected chi connectivity index (χ1v) is 10.5. The Morgan fingerprint density at radius 2 is 2.03 bits per heavy atom. The number of H-pyrrole nitrogens is 1. The Morgan fingerprint density at radius 3 is 2.71 bits per heavy atom. The molecular formula is C19H15Cl2N7O2S. The Labute approximate surface area is 189 Å². The Kier molecular flexibility index (Phi) is 5.77. The highest BCUT2D eigenvalue weighted by atomic mass is 35.5. The van der Waals surface area contributed by atoms with Crippen molar-refractivity contribution in [1.82, 2.24) is 25.3 Å². The SMILES string of the molecule is NC(=O)[C@H](Cc1cnc[nH]1)NC(=O)c1cc2c(-c3ccc(Cl)cc3Cl)nc(N)nc2s1. The average Bonchev–Trinajstić information content (AvgIpc) is 3.36.